The number of alkyl halides is 4. The lowest BCUT2D eigenvalue weighted by Crippen LogP contribution is -2.25. The lowest BCUT2D eigenvalue weighted by molar-refractivity contribution is -0.138. The quantitative estimate of drug-likeness (QED) is 0.662. The fourth-order valence-electron chi connectivity index (χ4n) is 2.05. The summed E-state index contributed by atoms with van der Waals surface area (Å²) in [4.78, 5) is 1.98. The Bertz CT molecular complexity index is 398. The molecular formula is C14H19ClF3N. The fraction of sp³-hybridized carbons (Fsp3) is 0.571. The van der Waals surface area contributed by atoms with Crippen LogP contribution in [-0.4, -0.2) is 13.1 Å². The minimum Gasteiger partial charge on any atom is -0.372 e. The molecule has 1 nitrogen and oxygen atoms in total. The van der Waals surface area contributed by atoms with Gasteiger partial charge in [0.25, 0.3) is 0 Å². The minimum atomic E-state index is -4.36. The molecule has 0 N–H and O–H groups in total. The molecule has 0 aliphatic heterocycles. The first-order chi connectivity index (χ1) is 8.93. The van der Waals surface area contributed by atoms with Crippen LogP contribution in [0.3, 0.4) is 0 Å². The summed E-state index contributed by atoms with van der Waals surface area (Å²) in [5.41, 5.74) is 0.118. The van der Waals surface area contributed by atoms with Gasteiger partial charge in [0.2, 0.25) is 0 Å². The van der Waals surface area contributed by atoms with E-state index in [-0.39, 0.29) is 11.4 Å². The van der Waals surface area contributed by atoms with Crippen molar-refractivity contribution >= 4 is 17.3 Å². The van der Waals surface area contributed by atoms with Crippen LogP contribution in [0.25, 0.3) is 0 Å². The van der Waals surface area contributed by atoms with E-state index >= 15 is 0 Å². The zero-order valence-corrected chi connectivity index (χ0v) is 12.0. The molecule has 0 atom stereocenters. The van der Waals surface area contributed by atoms with E-state index in [1.165, 1.54) is 12.1 Å². The Kier molecular flexibility index (Phi) is 5.98. The summed E-state index contributed by atoms with van der Waals surface area (Å²) >= 11 is 5.58. The van der Waals surface area contributed by atoms with Crippen LogP contribution in [0, 0.1) is 0 Å². The molecule has 0 aliphatic rings. The maximum absolute atomic E-state index is 13.0. The van der Waals surface area contributed by atoms with Gasteiger partial charge in [-0.05, 0) is 30.5 Å². The third-order valence-corrected chi connectivity index (χ3v) is 3.18. The second-order valence-corrected chi connectivity index (χ2v) is 4.73. The van der Waals surface area contributed by atoms with Crippen molar-refractivity contribution in [1.29, 1.82) is 0 Å². The van der Waals surface area contributed by atoms with Crippen molar-refractivity contribution in [3.63, 3.8) is 0 Å². The first-order valence-electron chi connectivity index (χ1n) is 6.45. The molecule has 19 heavy (non-hydrogen) atoms. The number of nitrogens with zero attached hydrogens (tertiary/aromatic N) is 1. The predicted octanol–water partition coefficient (Wildman–Crippen LogP) is 5.07. The Morgan fingerprint density at radius 1 is 1.11 bits per heavy atom. The van der Waals surface area contributed by atoms with Gasteiger partial charge in [0.05, 0.1) is 5.56 Å². The Morgan fingerprint density at radius 2 is 1.68 bits per heavy atom. The van der Waals surface area contributed by atoms with Crippen molar-refractivity contribution in [2.45, 2.75) is 38.7 Å². The summed E-state index contributed by atoms with van der Waals surface area (Å²) in [6, 6.07) is 4.41. The Morgan fingerprint density at radius 3 is 2.11 bits per heavy atom. The van der Waals surface area contributed by atoms with E-state index in [1.807, 2.05) is 18.7 Å². The van der Waals surface area contributed by atoms with E-state index in [1.54, 1.807) is 6.07 Å². The second kappa shape index (κ2) is 7.04. The van der Waals surface area contributed by atoms with Crippen molar-refractivity contribution in [3.8, 4) is 0 Å². The van der Waals surface area contributed by atoms with Gasteiger partial charge >= 0.3 is 6.18 Å². The predicted molar refractivity (Wildman–Crippen MR) is 73.8 cm³/mol. The fourth-order valence-corrected chi connectivity index (χ4v) is 2.28. The molecule has 5 heteroatoms. The van der Waals surface area contributed by atoms with Crippen molar-refractivity contribution in [1.82, 2.24) is 0 Å². The van der Waals surface area contributed by atoms with Crippen LogP contribution in [0.2, 0.25) is 0 Å². The van der Waals surface area contributed by atoms with Gasteiger partial charge in [0.15, 0.2) is 0 Å². The lowest BCUT2D eigenvalue weighted by atomic mass is 10.1. The van der Waals surface area contributed by atoms with Crippen molar-refractivity contribution in [3.05, 3.63) is 29.3 Å². The van der Waals surface area contributed by atoms with Gasteiger partial charge in [-0.15, -0.1) is 11.6 Å². The standard InChI is InChI=1S/C14H19ClF3N/c1-3-7-19(8-4-2)12-6-5-11(10-15)13(9-12)14(16,17)18/h5-6,9H,3-4,7-8,10H2,1-2H3. The molecule has 0 heterocycles. The maximum atomic E-state index is 13.0. The molecule has 1 rings (SSSR count). The van der Waals surface area contributed by atoms with Gasteiger partial charge in [-0.25, -0.2) is 0 Å². The molecule has 0 bridgehead atoms. The summed E-state index contributed by atoms with van der Waals surface area (Å²) in [5, 5.41) is 0. The van der Waals surface area contributed by atoms with Crippen LogP contribution in [0.15, 0.2) is 18.2 Å². The molecule has 1 aromatic carbocycles. The van der Waals surface area contributed by atoms with Gasteiger partial charge in [-0.3, -0.25) is 0 Å². The molecule has 0 unspecified atom stereocenters. The normalized spacial score (nSPS) is 11.7. The highest BCUT2D eigenvalue weighted by Gasteiger charge is 2.33. The van der Waals surface area contributed by atoms with E-state index in [0.717, 1.165) is 25.9 Å². The molecule has 0 spiro atoms. The third-order valence-electron chi connectivity index (χ3n) is 2.90. The van der Waals surface area contributed by atoms with Crippen LogP contribution in [0.1, 0.15) is 37.8 Å². The van der Waals surface area contributed by atoms with Crippen LogP contribution in [-0.2, 0) is 12.1 Å². The zero-order valence-electron chi connectivity index (χ0n) is 11.2. The second-order valence-electron chi connectivity index (χ2n) is 4.46. The highest BCUT2D eigenvalue weighted by Crippen LogP contribution is 2.35. The monoisotopic (exact) mass is 293 g/mol. The lowest BCUT2D eigenvalue weighted by Gasteiger charge is -2.25. The molecule has 0 fully saturated rings. The summed E-state index contributed by atoms with van der Waals surface area (Å²) in [7, 11) is 0. The van der Waals surface area contributed by atoms with Crippen molar-refractivity contribution in [2.24, 2.45) is 0 Å². The van der Waals surface area contributed by atoms with E-state index < -0.39 is 11.7 Å². The molecule has 0 aliphatic carbocycles. The topological polar surface area (TPSA) is 3.24 Å². The summed E-state index contributed by atoms with van der Waals surface area (Å²) in [6.45, 7) is 5.54. The zero-order chi connectivity index (χ0) is 14.5. The Hall–Kier alpha value is -0.900. The molecule has 0 amide bonds. The highest BCUT2D eigenvalue weighted by atomic mass is 35.5. The molecule has 0 radical (unpaired) electrons. The molecule has 1 aromatic rings. The third kappa shape index (κ3) is 4.30. The molecule has 0 aromatic heterocycles. The van der Waals surface area contributed by atoms with E-state index in [9.17, 15) is 13.2 Å². The Labute approximate surface area is 117 Å². The summed E-state index contributed by atoms with van der Waals surface area (Å²) in [6.07, 6.45) is -2.55. The van der Waals surface area contributed by atoms with Crippen LogP contribution < -0.4 is 4.90 Å². The number of anilines is 1. The molecule has 0 saturated heterocycles. The smallest absolute Gasteiger partial charge is 0.372 e. The first kappa shape index (κ1) is 16.2. The SMILES string of the molecule is CCCN(CCC)c1ccc(CCl)c(C(F)(F)F)c1. The van der Waals surface area contributed by atoms with Gasteiger partial charge in [0.1, 0.15) is 0 Å². The average Bonchev–Trinajstić information content (AvgIpc) is 2.37. The van der Waals surface area contributed by atoms with Crippen molar-refractivity contribution in [2.75, 3.05) is 18.0 Å². The van der Waals surface area contributed by atoms with E-state index in [2.05, 4.69) is 0 Å². The highest BCUT2D eigenvalue weighted by molar-refractivity contribution is 6.17. The number of hydrogen-bond acceptors (Lipinski definition) is 1. The number of halogens is 4. The summed E-state index contributed by atoms with van der Waals surface area (Å²) in [5.74, 6) is -0.128. The number of hydrogen-bond donors (Lipinski definition) is 0. The van der Waals surface area contributed by atoms with Crippen LogP contribution in [0.5, 0.6) is 0 Å². The van der Waals surface area contributed by atoms with Crippen LogP contribution in [0.4, 0.5) is 18.9 Å². The average molecular weight is 294 g/mol. The summed E-state index contributed by atoms with van der Waals surface area (Å²) < 4.78 is 38.9. The molecular weight excluding hydrogens is 275 g/mol. The minimum absolute atomic E-state index is 0.128. The van der Waals surface area contributed by atoms with Gasteiger partial charge in [-0.2, -0.15) is 13.2 Å². The van der Waals surface area contributed by atoms with Gasteiger partial charge in [0, 0.05) is 24.7 Å². The van der Waals surface area contributed by atoms with Gasteiger partial charge in [-0.1, -0.05) is 19.9 Å². The van der Waals surface area contributed by atoms with Gasteiger partial charge < -0.3 is 4.90 Å². The van der Waals surface area contributed by atoms with E-state index in [0.29, 0.717) is 5.69 Å². The number of rotatable bonds is 6. The Balaban J connectivity index is 3.15. The molecule has 108 valence electrons. The first-order valence-corrected chi connectivity index (χ1v) is 6.98. The number of benzene rings is 1. The largest absolute Gasteiger partial charge is 0.416 e. The van der Waals surface area contributed by atoms with Crippen LogP contribution >= 0.6 is 11.6 Å². The molecule has 0 saturated carbocycles. The van der Waals surface area contributed by atoms with Crippen molar-refractivity contribution < 1.29 is 13.2 Å². The van der Waals surface area contributed by atoms with E-state index in [4.69, 9.17) is 11.6 Å². The maximum Gasteiger partial charge on any atom is 0.416 e.